The van der Waals surface area contributed by atoms with Crippen molar-refractivity contribution in [3.05, 3.63) is 54.9 Å². The molecule has 2 rings (SSSR count). The van der Waals surface area contributed by atoms with Crippen LogP contribution >= 0.6 is 0 Å². The monoisotopic (exact) mass is 254 g/mol. The van der Waals surface area contributed by atoms with E-state index >= 15 is 0 Å². The van der Waals surface area contributed by atoms with E-state index in [0.717, 1.165) is 0 Å². The second-order valence-corrected chi connectivity index (χ2v) is 3.46. The number of pyridine rings is 1. The van der Waals surface area contributed by atoms with E-state index in [-0.39, 0.29) is 0 Å². The number of nitriles is 1. The first kappa shape index (κ1) is 12.4. The molecule has 2 aromatic rings. The lowest BCUT2D eigenvalue weighted by atomic mass is 10.3. The molecule has 1 aromatic heterocycles. The third-order valence-corrected chi connectivity index (χ3v) is 2.15. The summed E-state index contributed by atoms with van der Waals surface area (Å²) in [4.78, 5) is 20.7. The predicted molar refractivity (Wildman–Crippen MR) is 67.8 cm³/mol. The minimum Gasteiger partial charge on any atom is -0.360 e. The number of aromatic nitrogens is 1. The summed E-state index contributed by atoms with van der Waals surface area (Å²) in [5.41, 5.74) is 0.575. The van der Waals surface area contributed by atoms with E-state index in [1.807, 2.05) is 6.07 Å². The number of rotatable bonds is 3. The number of hydrogen-bond donors (Lipinski definition) is 1. The molecule has 19 heavy (non-hydrogen) atoms. The normalized spacial score (nSPS) is 9.21. The van der Waals surface area contributed by atoms with Crippen molar-refractivity contribution in [3.63, 3.8) is 0 Å². The van der Waals surface area contributed by atoms with E-state index in [4.69, 9.17) is 10.1 Å². The molecule has 94 valence electrons. The van der Waals surface area contributed by atoms with Gasteiger partial charge >= 0.3 is 6.03 Å². The Morgan fingerprint density at radius 2 is 1.89 bits per heavy atom. The topological polar surface area (TPSA) is 78.2 Å². The summed E-state index contributed by atoms with van der Waals surface area (Å²) in [7, 11) is 0. The number of carbonyl (C=O) groups excluding carboxylic acids is 1. The van der Waals surface area contributed by atoms with Crippen LogP contribution in [0.5, 0.6) is 5.75 Å². The number of anilines is 1. The Bertz CT molecular complexity index is 581. The molecule has 1 heterocycles. The SMILES string of the molecule is N#CN(Oc1ccncc1)C(=O)Nc1ccccc1. The van der Waals surface area contributed by atoms with Gasteiger partial charge in [-0.3, -0.25) is 4.98 Å². The first-order valence-corrected chi connectivity index (χ1v) is 5.43. The minimum absolute atomic E-state index is 0.347. The molecule has 0 atom stereocenters. The number of hydrogen-bond acceptors (Lipinski definition) is 4. The third kappa shape index (κ3) is 3.44. The fourth-order valence-electron chi connectivity index (χ4n) is 1.31. The molecular weight excluding hydrogens is 244 g/mol. The summed E-state index contributed by atoms with van der Waals surface area (Å²) < 4.78 is 0. The van der Waals surface area contributed by atoms with Gasteiger partial charge in [0.1, 0.15) is 0 Å². The largest absolute Gasteiger partial charge is 0.369 e. The van der Waals surface area contributed by atoms with E-state index in [2.05, 4.69) is 10.3 Å². The summed E-state index contributed by atoms with van der Waals surface area (Å²) in [6.45, 7) is 0. The van der Waals surface area contributed by atoms with E-state index in [1.54, 1.807) is 42.6 Å². The highest BCUT2D eigenvalue weighted by Gasteiger charge is 2.15. The molecule has 0 bridgehead atoms. The van der Waals surface area contributed by atoms with Crippen LogP contribution in [0.3, 0.4) is 0 Å². The zero-order chi connectivity index (χ0) is 13.5. The van der Waals surface area contributed by atoms with Gasteiger partial charge in [-0.25, -0.2) is 4.79 Å². The molecule has 0 unspecified atom stereocenters. The molecule has 1 N–H and O–H groups in total. The van der Waals surface area contributed by atoms with Gasteiger partial charge in [-0.2, -0.15) is 5.26 Å². The molecule has 0 aliphatic carbocycles. The zero-order valence-corrected chi connectivity index (χ0v) is 9.85. The van der Waals surface area contributed by atoms with Gasteiger partial charge in [0.05, 0.1) is 0 Å². The molecule has 6 heteroatoms. The Labute approximate surface area is 109 Å². The van der Waals surface area contributed by atoms with Gasteiger partial charge < -0.3 is 10.2 Å². The average Bonchev–Trinajstić information content (AvgIpc) is 2.47. The number of nitrogens with zero attached hydrogens (tertiary/aromatic N) is 3. The van der Waals surface area contributed by atoms with Crippen LogP contribution in [-0.2, 0) is 0 Å². The maximum Gasteiger partial charge on any atom is 0.369 e. The number of carbonyl (C=O) groups is 1. The minimum atomic E-state index is -0.675. The fourth-order valence-corrected chi connectivity index (χ4v) is 1.31. The van der Waals surface area contributed by atoms with Crippen molar-refractivity contribution in [2.45, 2.75) is 0 Å². The van der Waals surface area contributed by atoms with Crippen LogP contribution in [0.4, 0.5) is 10.5 Å². The molecule has 0 aliphatic rings. The maximum atomic E-state index is 11.8. The van der Waals surface area contributed by atoms with Crippen molar-refractivity contribution in [3.8, 4) is 11.9 Å². The van der Waals surface area contributed by atoms with Gasteiger partial charge in [0.25, 0.3) is 0 Å². The maximum absolute atomic E-state index is 11.8. The van der Waals surface area contributed by atoms with Gasteiger partial charge in [-0.15, -0.1) is 0 Å². The Balaban J connectivity index is 2.02. The number of para-hydroxylation sites is 1. The molecule has 0 saturated heterocycles. The zero-order valence-electron chi connectivity index (χ0n) is 9.85. The Morgan fingerprint density at radius 1 is 1.21 bits per heavy atom. The van der Waals surface area contributed by atoms with E-state index in [0.29, 0.717) is 16.5 Å². The Kier molecular flexibility index (Phi) is 3.93. The molecule has 0 spiro atoms. The molecule has 6 nitrogen and oxygen atoms in total. The van der Waals surface area contributed by atoms with Crippen LogP contribution in [-0.4, -0.2) is 16.1 Å². The highest BCUT2D eigenvalue weighted by atomic mass is 16.7. The van der Waals surface area contributed by atoms with E-state index in [1.165, 1.54) is 12.4 Å². The third-order valence-electron chi connectivity index (χ3n) is 2.15. The van der Waals surface area contributed by atoms with Crippen molar-refractivity contribution in [1.29, 1.82) is 5.26 Å². The highest BCUT2D eigenvalue weighted by Crippen LogP contribution is 2.11. The molecular formula is C13H10N4O2. The lowest BCUT2D eigenvalue weighted by molar-refractivity contribution is 0.0490. The van der Waals surface area contributed by atoms with Gasteiger partial charge in [0.15, 0.2) is 5.75 Å². The number of hydroxylamine groups is 2. The number of amides is 2. The first-order valence-electron chi connectivity index (χ1n) is 5.43. The molecule has 0 aliphatic heterocycles. The predicted octanol–water partition coefficient (Wildman–Crippen LogP) is 2.39. The van der Waals surface area contributed by atoms with Crippen LogP contribution in [0, 0.1) is 11.5 Å². The summed E-state index contributed by atoms with van der Waals surface area (Å²) in [6, 6.07) is 11.2. The van der Waals surface area contributed by atoms with Crippen LogP contribution < -0.4 is 10.2 Å². The van der Waals surface area contributed by atoms with Crippen molar-refractivity contribution in [2.75, 3.05) is 5.32 Å². The summed E-state index contributed by atoms with van der Waals surface area (Å²) in [6.07, 6.45) is 4.65. The van der Waals surface area contributed by atoms with Crippen molar-refractivity contribution >= 4 is 11.7 Å². The van der Waals surface area contributed by atoms with Gasteiger partial charge in [0.2, 0.25) is 6.19 Å². The molecule has 0 saturated carbocycles. The fraction of sp³-hybridized carbons (Fsp3) is 0. The standard InChI is InChI=1S/C13H10N4O2/c14-10-17(19-12-6-8-15-9-7-12)13(18)16-11-4-2-1-3-5-11/h1-9H,(H,16,18). The molecule has 0 radical (unpaired) electrons. The first-order chi connectivity index (χ1) is 9.29. The van der Waals surface area contributed by atoms with E-state index in [9.17, 15) is 4.79 Å². The molecule has 1 aromatic carbocycles. The average molecular weight is 254 g/mol. The lowest BCUT2D eigenvalue weighted by Gasteiger charge is -2.14. The van der Waals surface area contributed by atoms with Gasteiger partial charge in [-0.05, 0) is 12.1 Å². The number of nitrogens with one attached hydrogen (secondary N) is 1. The van der Waals surface area contributed by atoms with Crippen LogP contribution in [0.1, 0.15) is 0 Å². The van der Waals surface area contributed by atoms with Crippen molar-refractivity contribution in [1.82, 2.24) is 10.0 Å². The number of urea groups is 1. The quantitative estimate of drug-likeness (QED) is 0.518. The molecule has 2 amide bonds. The van der Waals surface area contributed by atoms with Crippen LogP contribution in [0.25, 0.3) is 0 Å². The second kappa shape index (κ2) is 6.02. The molecule has 0 fully saturated rings. The summed E-state index contributed by atoms with van der Waals surface area (Å²) in [5.74, 6) is 0.347. The Morgan fingerprint density at radius 3 is 2.53 bits per heavy atom. The lowest BCUT2D eigenvalue weighted by Crippen LogP contribution is -2.33. The summed E-state index contributed by atoms with van der Waals surface area (Å²) in [5, 5.41) is 12.0. The Hall–Kier alpha value is -3.07. The van der Waals surface area contributed by atoms with Crippen molar-refractivity contribution in [2.24, 2.45) is 0 Å². The van der Waals surface area contributed by atoms with Crippen LogP contribution in [0.2, 0.25) is 0 Å². The highest BCUT2D eigenvalue weighted by molar-refractivity contribution is 5.89. The van der Waals surface area contributed by atoms with Gasteiger partial charge in [0, 0.05) is 30.2 Å². The van der Waals surface area contributed by atoms with E-state index < -0.39 is 6.03 Å². The van der Waals surface area contributed by atoms with Crippen molar-refractivity contribution < 1.29 is 9.63 Å². The van der Waals surface area contributed by atoms with Crippen LogP contribution in [0.15, 0.2) is 54.9 Å². The summed E-state index contributed by atoms with van der Waals surface area (Å²) >= 11 is 0. The second-order valence-electron chi connectivity index (χ2n) is 3.46. The number of benzene rings is 1. The smallest absolute Gasteiger partial charge is 0.360 e. The van der Waals surface area contributed by atoms with Gasteiger partial charge in [-0.1, -0.05) is 23.3 Å².